The Kier molecular flexibility index (Phi) is 3.44. The Labute approximate surface area is 110 Å². The van der Waals surface area contributed by atoms with Gasteiger partial charge in [0.25, 0.3) is 5.91 Å². The summed E-state index contributed by atoms with van der Waals surface area (Å²) >= 11 is 0. The molecule has 0 spiro atoms. The number of benzene rings is 1. The Morgan fingerprint density at radius 1 is 1.37 bits per heavy atom. The number of pyridine rings is 1. The van der Waals surface area contributed by atoms with E-state index < -0.39 is 0 Å². The molecule has 2 aromatic rings. The number of nitrogens with two attached hydrogens (primary N) is 1. The van der Waals surface area contributed by atoms with Crippen LogP contribution in [0.3, 0.4) is 0 Å². The number of anilines is 2. The zero-order valence-electron chi connectivity index (χ0n) is 10.3. The lowest BCUT2D eigenvalue weighted by Gasteiger charge is -2.08. The van der Waals surface area contributed by atoms with Crippen LogP contribution in [-0.2, 0) is 0 Å². The quantitative estimate of drug-likeness (QED) is 0.856. The van der Waals surface area contributed by atoms with E-state index in [9.17, 15) is 4.79 Å². The molecule has 19 heavy (non-hydrogen) atoms. The van der Waals surface area contributed by atoms with Crippen LogP contribution in [0.2, 0.25) is 0 Å². The van der Waals surface area contributed by atoms with Crippen molar-refractivity contribution in [2.24, 2.45) is 0 Å². The molecule has 94 valence electrons. The number of rotatable bonds is 2. The van der Waals surface area contributed by atoms with Gasteiger partial charge in [0.2, 0.25) is 0 Å². The first-order valence-corrected chi connectivity index (χ1v) is 5.64. The van der Waals surface area contributed by atoms with E-state index in [1.165, 1.54) is 6.20 Å². The summed E-state index contributed by atoms with van der Waals surface area (Å²) in [5, 5.41) is 11.6. The lowest BCUT2D eigenvalue weighted by atomic mass is 10.1. The van der Waals surface area contributed by atoms with Crippen LogP contribution in [0.4, 0.5) is 11.5 Å². The first-order chi connectivity index (χ1) is 9.10. The monoisotopic (exact) mass is 252 g/mol. The van der Waals surface area contributed by atoms with Crippen LogP contribution < -0.4 is 11.1 Å². The molecule has 0 aliphatic carbocycles. The van der Waals surface area contributed by atoms with E-state index in [1.54, 1.807) is 30.3 Å². The number of amides is 1. The standard InChI is InChI=1S/C14H12N4O/c1-9-2-3-10(7-15)6-12(9)18-14(19)11-4-5-13(16)17-8-11/h2-6,8H,1H3,(H2,16,17)(H,18,19). The number of nitrogen functional groups attached to an aromatic ring is 1. The molecule has 1 heterocycles. The van der Waals surface area contributed by atoms with Crippen LogP contribution in [0.25, 0.3) is 0 Å². The highest BCUT2D eigenvalue weighted by Gasteiger charge is 2.08. The molecule has 0 saturated heterocycles. The second-order valence-corrected chi connectivity index (χ2v) is 4.07. The summed E-state index contributed by atoms with van der Waals surface area (Å²) in [6.45, 7) is 1.86. The van der Waals surface area contributed by atoms with Gasteiger partial charge in [-0.15, -0.1) is 0 Å². The van der Waals surface area contributed by atoms with Gasteiger partial charge in [0.15, 0.2) is 0 Å². The van der Waals surface area contributed by atoms with Crippen LogP contribution in [0.1, 0.15) is 21.5 Å². The Balaban J connectivity index is 2.24. The molecule has 0 saturated carbocycles. The molecule has 0 fully saturated rings. The number of aryl methyl sites for hydroxylation is 1. The molecular formula is C14H12N4O. The van der Waals surface area contributed by atoms with Crippen molar-refractivity contribution < 1.29 is 4.79 Å². The Morgan fingerprint density at radius 2 is 2.16 bits per heavy atom. The van der Waals surface area contributed by atoms with Gasteiger partial charge < -0.3 is 11.1 Å². The third-order valence-corrected chi connectivity index (χ3v) is 2.66. The largest absolute Gasteiger partial charge is 0.384 e. The summed E-state index contributed by atoms with van der Waals surface area (Å²) in [6, 6.07) is 10.3. The number of carbonyl (C=O) groups excluding carboxylic acids is 1. The van der Waals surface area contributed by atoms with E-state index >= 15 is 0 Å². The molecule has 1 aromatic heterocycles. The maximum Gasteiger partial charge on any atom is 0.257 e. The van der Waals surface area contributed by atoms with Gasteiger partial charge in [0.05, 0.1) is 17.2 Å². The van der Waals surface area contributed by atoms with Crippen molar-refractivity contribution in [2.75, 3.05) is 11.1 Å². The highest BCUT2D eigenvalue weighted by Crippen LogP contribution is 2.17. The van der Waals surface area contributed by atoms with E-state index in [1.807, 2.05) is 13.0 Å². The molecule has 0 radical (unpaired) electrons. The lowest BCUT2D eigenvalue weighted by Crippen LogP contribution is -2.13. The number of hydrogen-bond acceptors (Lipinski definition) is 4. The molecule has 0 aliphatic rings. The van der Waals surface area contributed by atoms with Crippen molar-refractivity contribution in [3.63, 3.8) is 0 Å². The molecule has 5 nitrogen and oxygen atoms in total. The van der Waals surface area contributed by atoms with E-state index in [4.69, 9.17) is 11.0 Å². The van der Waals surface area contributed by atoms with Gasteiger partial charge in [-0.2, -0.15) is 5.26 Å². The van der Waals surface area contributed by atoms with Crippen molar-refractivity contribution in [1.82, 2.24) is 4.98 Å². The molecule has 0 unspecified atom stereocenters. The molecule has 1 amide bonds. The van der Waals surface area contributed by atoms with Gasteiger partial charge in [-0.1, -0.05) is 6.07 Å². The summed E-state index contributed by atoms with van der Waals surface area (Å²) in [5.41, 5.74) is 7.87. The number of aromatic nitrogens is 1. The van der Waals surface area contributed by atoms with Crippen LogP contribution in [-0.4, -0.2) is 10.9 Å². The highest BCUT2D eigenvalue weighted by molar-refractivity contribution is 6.04. The van der Waals surface area contributed by atoms with Crippen LogP contribution >= 0.6 is 0 Å². The van der Waals surface area contributed by atoms with Gasteiger partial charge in [-0.25, -0.2) is 4.98 Å². The van der Waals surface area contributed by atoms with Gasteiger partial charge >= 0.3 is 0 Å². The van der Waals surface area contributed by atoms with Crippen LogP contribution in [0.15, 0.2) is 36.5 Å². The summed E-state index contributed by atoms with van der Waals surface area (Å²) in [4.78, 5) is 15.9. The fourth-order valence-electron chi connectivity index (χ4n) is 1.56. The number of carbonyl (C=O) groups is 1. The van der Waals surface area contributed by atoms with Crippen molar-refractivity contribution in [3.05, 3.63) is 53.2 Å². The smallest absolute Gasteiger partial charge is 0.257 e. The third-order valence-electron chi connectivity index (χ3n) is 2.66. The Bertz CT molecular complexity index is 656. The maximum atomic E-state index is 12.0. The number of nitriles is 1. The molecule has 5 heteroatoms. The van der Waals surface area contributed by atoms with E-state index in [0.717, 1.165) is 5.56 Å². The van der Waals surface area contributed by atoms with Crippen molar-refractivity contribution >= 4 is 17.4 Å². The van der Waals surface area contributed by atoms with Gasteiger partial charge in [0, 0.05) is 11.9 Å². The molecule has 0 atom stereocenters. The Morgan fingerprint density at radius 3 is 2.79 bits per heavy atom. The predicted molar refractivity (Wildman–Crippen MR) is 72.5 cm³/mol. The summed E-state index contributed by atoms with van der Waals surface area (Å²) in [7, 11) is 0. The minimum atomic E-state index is -0.286. The minimum Gasteiger partial charge on any atom is -0.384 e. The molecule has 1 aromatic carbocycles. The van der Waals surface area contributed by atoms with Gasteiger partial charge in [-0.3, -0.25) is 4.79 Å². The van der Waals surface area contributed by atoms with Crippen molar-refractivity contribution in [1.29, 1.82) is 5.26 Å². The second-order valence-electron chi connectivity index (χ2n) is 4.07. The SMILES string of the molecule is Cc1ccc(C#N)cc1NC(=O)c1ccc(N)nc1. The highest BCUT2D eigenvalue weighted by atomic mass is 16.1. The van der Waals surface area contributed by atoms with E-state index in [2.05, 4.69) is 10.3 Å². The lowest BCUT2D eigenvalue weighted by molar-refractivity contribution is 0.102. The van der Waals surface area contributed by atoms with Gasteiger partial charge in [0.1, 0.15) is 5.82 Å². The zero-order chi connectivity index (χ0) is 13.8. The minimum absolute atomic E-state index is 0.286. The second kappa shape index (κ2) is 5.19. The van der Waals surface area contributed by atoms with E-state index in [0.29, 0.717) is 22.6 Å². The summed E-state index contributed by atoms with van der Waals surface area (Å²) in [6.07, 6.45) is 1.41. The average molecular weight is 252 g/mol. The molecule has 0 aliphatic heterocycles. The third kappa shape index (κ3) is 2.87. The topological polar surface area (TPSA) is 91.8 Å². The average Bonchev–Trinajstić information content (AvgIpc) is 2.42. The van der Waals surface area contributed by atoms with Crippen molar-refractivity contribution in [2.45, 2.75) is 6.92 Å². The summed E-state index contributed by atoms with van der Waals surface area (Å²) < 4.78 is 0. The molecule has 3 N–H and O–H groups in total. The normalized spacial score (nSPS) is 9.68. The maximum absolute atomic E-state index is 12.0. The summed E-state index contributed by atoms with van der Waals surface area (Å²) in [5.74, 6) is 0.0740. The first-order valence-electron chi connectivity index (χ1n) is 5.64. The fourth-order valence-corrected chi connectivity index (χ4v) is 1.56. The Hall–Kier alpha value is -2.87. The fraction of sp³-hybridized carbons (Fsp3) is 0.0714. The zero-order valence-corrected chi connectivity index (χ0v) is 10.3. The molecular weight excluding hydrogens is 240 g/mol. The van der Waals surface area contributed by atoms with Crippen LogP contribution in [0.5, 0.6) is 0 Å². The predicted octanol–water partition coefficient (Wildman–Crippen LogP) is 2.10. The number of nitrogens with zero attached hydrogens (tertiary/aromatic N) is 2. The van der Waals surface area contributed by atoms with E-state index in [-0.39, 0.29) is 5.91 Å². The first kappa shape index (κ1) is 12.6. The van der Waals surface area contributed by atoms with Gasteiger partial charge in [-0.05, 0) is 36.8 Å². The number of nitrogens with one attached hydrogen (secondary N) is 1. The molecule has 2 rings (SSSR count). The van der Waals surface area contributed by atoms with Crippen LogP contribution in [0, 0.1) is 18.3 Å². The molecule has 0 bridgehead atoms. The number of hydrogen-bond donors (Lipinski definition) is 2. The van der Waals surface area contributed by atoms with Crippen molar-refractivity contribution in [3.8, 4) is 6.07 Å².